The number of alkyl halides is 4. The molecule has 1 aliphatic carbocycles. The quantitative estimate of drug-likeness (QED) is 0.282. The Morgan fingerprint density at radius 3 is 2.06 bits per heavy atom. The highest BCUT2D eigenvalue weighted by atomic mass is 19.3. The first-order valence-electron chi connectivity index (χ1n) is 12.2. The van der Waals surface area contributed by atoms with Gasteiger partial charge in [-0.05, 0) is 48.3 Å². The Labute approximate surface area is 196 Å². The van der Waals surface area contributed by atoms with Crippen molar-refractivity contribution in [2.45, 2.75) is 83.2 Å². The summed E-state index contributed by atoms with van der Waals surface area (Å²) < 4.78 is 96.9. The average Bonchev–Trinajstić information content (AvgIpc) is 2.80. The third-order valence-corrected chi connectivity index (χ3v) is 7.16. The van der Waals surface area contributed by atoms with Crippen molar-refractivity contribution in [2.24, 2.45) is 5.92 Å². The predicted octanol–water partition coefficient (Wildman–Crippen LogP) is 8.83. The zero-order chi connectivity index (χ0) is 24.7. The number of aryl methyl sites for hydroxylation is 1. The lowest BCUT2D eigenvalue weighted by atomic mass is 9.77. The number of hydrogen-bond donors (Lipinski definition) is 0. The lowest BCUT2D eigenvalue weighted by molar-refractivity contribution is -0.228. The van der Waals surface area contributed by atoms with Crippen molar-refractivity contribution < 1.29 is 31.1 Å². The molecule has 34 heavy (non-hydrogen) atoms. The molecule has 2 aromatic rings. The van der Waals surface area contributed by atoms with Crippen molar-refractivity contribution in [3.63, 3.8) is 0 Å². The summed E-state index contributed by atoms with van der Waals surface area (Å²) in [4.78, 5) is 0. The largest absolute Gasteiger partial charge is 0.373 e. The molecule has 0 amide bonds. The van der Waals surface area contributed by atoms with Gasteiger partial charge in [-0.15, -0.1) is 0 Å². The molecule has 0 bridgehead atoms. The van der Waals surface area contributed by atoms with Gasteiger partial charge >= 0.3 is 11.8 Å². The van der Waals surface area contributed by atoms with E-state index in [9.17, 15) is 4.39 Å². The van der Waals surface area contributed by atoms with Gasteiger partial charge in [0.05, 0.1) is 23.8 Å². The molecule has 1 nitrogen and oxygen atoms in total. The van der Waals surface area contributed by atoms with Gasteiger partial charge in [-0.1, -0.05) is 63.8 Å². The Kier molecular flexibility index (Phi) is 7.05. The fraction of sp³-hybridized carbons (Fsp3) is 0.556. The number of hydrogen-bond acceptors (Lipinski definition) is 1. The van der Waals surface area contributed by atoms with Crippen LogP contribution < -0.4 is 0 Å². The normalized spacial score (nSPS) is 22.8. The summed E-state index contributed by atoms with van der Waals surface area (Å²) in [6.45, 7) is 4.23. The molecule has 1 aliphatic heterocycles. The summed E-state index contributed by atoms with van der Waals surface area (Å²) in [5.74, 6) is -12.2. The monoisotopic (exact) mass is 484 g/mol. The minimum Gasteiger partial charge on any atom is -0.373 e. The summed E-state index contributed by atoms with van der Waals surface area (Å²) >= 11 is 0. The molecule has 7 heteroatoms. The van der Waals surface area contributed by atoms with Crippen LogP contribution in [0.5, 0.6) is 0 Å². The van der Waals surface area contributed by atoms with Crippen molar-refractivity contribution >= 4 is 0 Å². The lowest BCUT2D eigenvalue weighted by Gasteiger charge is -2.37. The van der Waals surface area contributed by atoms with Crippen LogP contribution in [-0.4, -0.2) is 6.61 Å². The van der Waals surface area contributed by atoms with Crippen LogP contribution >= 0.6 is 0 Å². The zero-order valence-corrected chi connectivity index (χ0v) is 19.5. The molecule has 0 radical (unpaired) electrons. The molecular weight excluding hydrogens is 454 g/mol. The van der Waals surface area contributed by atoms with Crippen molar-refractivity contribution in [1.29, 1.82) is 0 Å². The van der Waals surface area contributed by atoms with Gasteiger partial charge in [0.1, 0.15) is 11.6 Å². The first kappa shape index (κ1) is 25.1. The Morgan fingerprint density at radius 2 is 1.47 bits per heavy atom. The second-order valence-corrected chi connectivity index (χ2v) is 9.51. The van der Waals surface area contributed by atoms with Crippen molar-refractivity contribution in [3.8, 4) is 11.1 Å². The summed E-state index contributed by atoms with van der Waals surface area (Å²) in [6, 6.07) is 5.03. The highest BCUT2D eigenvalue weighted by molar-refractivity contribution is 5.77. The van der Waals surface area contributed by atoms with E-state index >= 15 is 22.0 Å². The van der Waals surface area contributed by atoms with Crippen molar-refractivity contribution in [3.05, 3.63) is 58.2 Å². The second-order valence-electron chi connectivity index (χ2n) is 9.51. The molecular formula is C27H30F6O. The van der Waals surface area contributed by atoms with Gasteiger partial charge in [0.2, 0.25) is 0 Å². The molecule has 0 spiro atoms. The highest BCUT2D eigenvalue weighted by Crippen LogP contribution is 2.60. The van der Waals surface area contributed by atoms with E-state index in [2.05, 4.69) is 6.92 Å². The van der Waals surface area contributed by atoms with Crippen LogP contribution in [-0.2, 0) is 23.0 Å². The molecule has 1 saturated heterocycles. The van der Waals surface area contributed by atoms with Crippen LogP contribution in [0.15, 0.2) is 24.3 Å². The number of benzene rings is 2. The first-order chi connectivity index (χ1) is 16.1. The third-order valence-electron chi connectivity index (χ3n) is 7.16. The fourth-order valence-corrected chi connectivity index (χ4v) is 5.26. The summed E-state index contributed by atoms with van der Waals surface area (Å²) in [5.41, 5.74) is -3.73. The topological polar surface area (TPSA) is 9.23 Å². The maximum absolute atomic E-state index is 15.5. The Hall–Kier alpha value is -2.02. The SMILES string of the molecule is CCCCCC1CCC(c2ccc3c(c2F)C(F)(F)C(F)(F)c2c-3ccc(CCC)c2F)OC1. The molecule has 2 unspecified atom stereocenters. The summed E-state index contributed by atoms with van der Waals surface area (Å²) in [7, 11) is 0. The van der Waals surface area contributed by atoms with Gasteiger partial charge in [-0.25, -0.2) is 8.78 Å². The van der Waals surface area contributed by atoms with E-state index in [1.54, 1.807) is 6.92 Å². The maximum Gasteiger partial charge on any atom is 0.343 e. The molecule has 0 saturated carbocycles. The molecule has 1 fully saturated rings. The van der Waals surface area contributed by atoms with Gasteiger partial charge < -0.3 is 4.74 Å². The lowest BCUT2D eigenvalue weighted by Crippen LogP contribution is -2.41. The van der Waals surface area contributed by atoms with Gasteiger partial charge in [0, 0.05) is 5.56 Å². The fourth-order valence-electron chi connectivity index (χ4n) is 5.26. The van der Waals surface area contributed by atoms with Crippen LogP contribution in [0.1, 0.15) is 87.2 Å². The van der Waals surface area contributed by atoms with Gasteiger partial charge in [0.25, 0.3) is 0 Å². The van der Waals surface area contributed by atoms with E-state index in [0.29, 0.717) is 25.4 Å². The van der Waals surface area contributed by atoms with Gasteiger partial charge in [0.15, 0.2) is 0 Å². The number of halogens is 6. The van der Waals surface area contributed by atoms with E-state index in [0.717, 1.165) is 32.1 Å². The molecule has 2 atom stereocenters. The summed E-state index contributed by atoms with van der Waals surface area (Å²) in [5, 5.41) is 0. The van der Waals surface area contributed by atoms with E-state index < -0.39 is 51.8 Å². The predicted molar refractivity (Wildman–Crippen MR) is 119 cm³/mol. The van der Waals surface area contributed by atoms with Crippen molar-refractivity contribution in [1.82, 2.24) is 0 Å². The van der Waals surface area contributed by atoms with E-state index in [-0.39, 0.29) is 17.5 Å². The van der Waals surface area contributed by atoms with Crippen molar-refractivity contribution in [2.75, 3.05) is 6.61 Å². The smallest absolute Gasteiger partial charge is 0.343 e. The van der Waals surface area contributed by atoms with E-state index in [4.69, 9.17) is 4.74 Å². The second kappa shape index (κ2) is 9.56. The molecule has 2 aliphatic rings. The minimum atomic E-state index is -4.90. The van der Waals surface area contributed by atoms with Crippen LogP contribution in [0, 0.1) is 17.6 Å². The first-order valence-corrected chi connectivity index (χ1v) is 12.2. The molecule has 0 aromatic heterocycles. The number of ether oxygens (including phenoxy) is 1. The van der Waals surface area contributed by atoms with Crippen LogP contribution in [0.2, 0.25) is 0 Å². The Bertz CT molecular complexity index is 1040. The Morgan fingerprint density at radius 1 is 0.824 bits per heavy atom. The van der Waals surface area contributed by atoms with E-state index in [1.807, 2.05) is 0 Å². The molecule has 4 rings (SSSR count). The average molecular weight is 485 g/mol. The zero-order valence-electron chi connectivity index (χ0n) is 19.5. The Balaban J connectivity index is 1.72. The van der Waals surface area contributed by atoms with Gasteiger partial charge in [-0.3, -0.25) is 0 Å². The maximum atomic E-state index is 15.5. The molecule has 2 aromatic carbocycles. The summed E-state index contributed by atoms with van der Waals surface area (Å²) in [6.07, 6.45) is 5.28. The minimum absolute atomic E-state index is 0.0543. The van der Waals surface area contributed by atoms with Crippen LogP contribution in [0.3, 0.4) is 0 Å². The van der Waals surface area contributed by atoms with E-state index in [1.165, 1.54) is 24.3 Å². The number of unbranched alkanes of at least 4 members (excludes halogenated alkanes) is 2. The molecule has 186 valence electrons. The number of rotatable bonds is 7. The number of fused-ring (bicyclic) bond motifs is 3. The highest BCUT2D eigenvalue weighted by Gasteiger charge is 2.65. The van der Waals surface area contributed by atoms with Crippen LogP contribution in [0.25, 0.3) is 11.1 Å². The standard InChI is InChI=1S/C27H30F6O/c1-3-5-6-8-16-9-14-21(34-15-16)20-13-12-19-18-11-10-17(7-4-2)24(28)22(18)26(30,31)27(32,33)23(19)25(20)29/h10-13,16,21H,3-9,14-15H2,1-2H3. The molecule has 1 heterocycles. The van der Waals surface area contributed by atoms with Crippen LogP contribution in [0.4, 0.5) is 26.3 Å². The van der Waals surface area contributed by atoms with Gasteiger partial charge in [-0.2, -0.15) is 17.6 Å². The molecule has 0 N–H and O–H groups in total. The third kappa shape index (κ3) is 4.04.